The molecule has 4 amide bonds. The van der Waals surface area contributed by atoms with E-state index in [1.165, 1.54) is 12.1 Å². The van der Waals surface area contributed by atoms with Gasteiger partial charge in [-0.1, -0.05) is 48.5 Å². The van der Waals surface area contributed by atoms with Crippen molar-refractivity contribution in [3.63, 3.8) is 0 Å². The molecule has 0 radical (unpaired) electrons. The highest BCUT2D eigenvalue weighted by molar-refractivity contribution is 8.01. The van der Waals surface area contributed by atoms with Crippen LogP contribution >= 0.6 is 23.5 Å². The summed E-state index contributed by atoms with van der Waals surface area (Å²) in [6.07, 6.45) is 0.435. The fraction of sp³-hybridized carbons (Fsp3) is 0.143. The summed E-state index contributed by atoms with van der Waals surface area (Å²) in [5.41, 5.74) is 2.83. The van der Waals surface area contributed by atoms with Crippen molar-refractivity contribution >= 4 is 70.5 Å². The third-order valence-electron chi connectivity index (χ3n) is 7.78. The van der Waals surface area contributed by atoms with Gasteiger partial charge in [-0.25, -0.2) is 19.4 Å². The maximum absolute atomic E-state index is 13.2. The van der Waals surface area contributed by atoms with Crippen LogP contribution in [0.25, 0.3) is 0 Å². The number of nitrogens with zero attached hydrogens (tertiary/aromatic N) is 2. The molecule has 0 spiro atoms. The van der Waals surface area contributed by atoms with Crippen LogP contribution < -0.4 is 9.80 Å². The number of benzene rings is 4. The van der Waals surface area contributed by atoms with Crippen molar-refractivity contribution in [2.75, 3.05) is 9.80 Å². The molecule has 2 saturated heterocycles. The number of rotatable bonds is 10. The van der Waals surface area contributed by atoms with Gasteiger partial charge in [0.1, 0.15) is 0 Å². The normalized spacial score (nSPS) is 17.9. The summed E-state index contributed by atoms with van der Waals surface area (Å²) in [4.78, 5) is 78.2. The smallest absolute Gasteiger partial charge is 0.336 e. The van der Waals surface area contributed by atoms with Crippen LogP contribution in [0.2, 0.25) is 0 Å². The SMILES string of the molecule is O=C(O)c1ccccc1SC1CC(=O)N(c2ccc(Cc3ccc(N4C(=O)CC(Sc5ccccc5C(=O)O)C4=O)cc3)cc2)C1=O. The average molecular weight is 667 g/mol. The highest BCUT2D eigenvalue weighted by Crippen LogP contribution is 2.37. The Morgan fingerprint density at radius 3 is 1.30 bits per heavy atom. The van der Waals surface area contributed by atoms with Crippen LogP contribution in [0.4, 0.5) is 11.4 Å². The molecule has 2 heterocycles. The quantitative estimate of drug-likeness (QED) is 0.207. The van der Waals surface area contributed by atoms with Crippen molar-refractivity contribution in [2.45, 2.75) is 39.6 Å². The molecule has 0 bridgehead atoms. The van der Waals surface area contributed by atoms with Gasteiger partial charge in [-0.15, -0.1) is 23.5 Å². The zero-order valence-electron chi connectivity index (χ0n) is 24.6. The Bertz CT molecular complexity index is 1790. The predicted molar refractivity (Wildman–Crippen MR) is 176 cm³/mol. The van der Waals surface area contributed by atoms with Crippen molar-refractivity contribution in [1.29, 1.82) is 0 Å². The molecular formula is C35H26N2O8S2. The summed E-state index contributed by atoms with van der Waals surface area (Å²) in [5, 5.41) is 17.5. The first-order valence-electron chi connectivity index (χ1n) is 14.5. The Morgan fingerprint density at radius 1 is 0.574 bits per heavy atom. The number of thioether (sulfide) groups is 2. The van der Waals surface area contributed by atoms with E-state index in [-0.39, 0.29) is 35.8 Å². The number of carbonyl (C=O) groups excluding carboxylic acids is 4. The van der Waals surface area contributed by atoms with Crippen LogP contribution in [0.1, 0.15) is 44.7 Å². The van der Waals surface area contributed by atoms with E-state index in [4.69, 9.17) is 0 Å². The van der Waals surface area contributed by atoms with Gasteiger partial charge in [-0.2, -0.15) is 0 Å². The van der Waals surface area contributed by atoms with Gasteiger partial charge in [0, 0.05) is 22.6 Å². The van der Waals surface area contributed by atoms with E-state index in [1.54, 1.807) is 60.7 Å². The van der Waals surface area contributed by atoms with Crippen LogP contribution in [0.15, 0.2) is 107 Å². The molecule has 2 unspecified atom stereocenters. The Morgan fingerprint density at radius 2 is 0.936 bits per heavy atom. The molecule has 2 atom stereocenters. The number of amides is 4. The lowest BCUT2D eigenvalue weighted by Gasteiger charge is -2.17. The number of imide groups is 2. The van der Waals surface area contributed by atoms with Crippen LogP contribution in [-0.4, -0.2) is 56.3 Å². The third-order valence-corrected chi connectivity index (χ3v) is 10.3. The second kappa shape index (κ2) is 13.3. The summed E-state index contributed by atoms with van der Waals surface area (Å²) < 4.78 is 0. The van der Waals surface area contributed by atoms with Crippen molar-refractivity contribution < 1.29 is 39.0 Å². The minimum Gasteiger partial charge on any atom is -0.478 e. The Hall–Kier alpha value is -5.20. The predicted octanol–water partition coefficient (Wildman–Crippen LogP) is 5.52. The van der Waals surface area contributed by atoms with Crippen LogP contribution in [0.3, 0.4) is 0 Å². The lowest BCUT2D eigenvalue weighted by Crippen LogP contribution is -2.31. The molecule has 2 fully saturated rings. The molecule has 0 aromatic heterocycles. The number of anilines is 2. The van der Waals surface area contributed by atoms with Crippen molar-refractivity contribution in [1.82, 2.24) is 0 Å². The number of hydrogen-bond donors (Lipinski definition) is 2. The molecule has 10 nitrogen and oxygen atoms in total. The Kier molecular flexibility index (Phi) is 8.97. The molecule has 0 saturated carbocycles. The van der Waals surface area contributed by atoms with E-state index in [9.17, 15) is 39.0 Å². The summed E-state index contributed by atoms with van der Waals surface area (Å²) in [5.74, 6) is -3.73. The summed E-state index contributed by atoms with van der Waals surface area (Å²) in [6.45, 7) is 0. The second-order valence-electron chi connectivity index (χ2n) is 10.9. The minimum atomic E-state index is -1.10. The molecule has 0 aliphatic carbocycles. The number of carboxylic acid groups (broad SMARTS) is 2. The van der Waals surface area contributed by atoms with Gasteiger partial charge < -0.3 is 10.2 Å². The number of carboxylic acids is 2. The molecule has 6 rings (SSSR count). The number of hydrogen-bond acceptors (Lipinski definition) is 8. The van der Waals surface area contributed by atoms with Crippen molar-refractivity contribution in [3.8, 4) is 0 Å². The second-order valence-corrected chi connectivity index (χ2v) is 13.4. The van der Waals surface area contributed by atoms with Crippen LogP contribution in [-0.2, 0) is 25.6 Å². The van der Waals surface area contributed by atoms with Gasteiger partial charge in [-0.05, 0) is 66.1 Å². The summed E-state index contributed by atoms with van der Waals surface area (Å²) in [6, 6.07) is 26.8. The van der Waals surface area contributed by atoms with Crippen LogP contribution in [0.5, 0.6) is 0 Å². The summed E-state index contributed by atoms with van der Waals surface area (Å²) in [7, 11) is 0. The third kappa shape index (κ3) is 6.56. The maximum atomic E-state index is 13.2. The Balaban J connectivity index is 1.09. The average Bonchev–Trinajstić information content (AvgIpc) is 3.49. The topological polar surface area (TPSA) is 149 Å². The molecule has 4 aromatic rings. The first-order chi connectivity index (χ1) is 22.6. The number of aromatic carboxylic acids is 2. The standard InChI is InChI=1S/C35H26N2O8S2/c38-30-18-28(46-26-7-3-1-5-24(26)34(42)43)32(40)36(30)22-13-9-20(10-14-22)17-21-11-15-23(16-12-21)37-31(39)19-29(33(37)41)47-27-8-4-2-6-25(27)35(44)45/h1-16,28-29H,17-19H2,(H,42,43)(H,44,45). The first-order valence-corrected chi connectivity index (χ1v) is 16.3. The molecule has 47 heavy (non-hydrogen) atoms. The molecule has 2 N–H and O–H groups in total. The largest absolute Gasteiger partial charge is 0.478 e. The van der Waals surface area contributed by atoms with E-state index in [0.717, 1.165) is 44.5 Å². The van der Waals surface area contributed by atoms with Gasteiger partial charge >= 0.3 is 11.9 Å². The lowest BCUT2D eigenvalue weighted by molar-refractivity contribution is -0.122. The zero-order chi connectivity index (χ0) is 33.2. The fourth-order valence-electron chi connectivity index (χ4n) is 5.49. The zero-order valence-corrected chi connectivity index (χ0v) is 26.2. The van der Waals surface area contributed by atoms with Gasteiger partial charge in [0.15, 0.2) is 0 Å². The molecule has 236 valence electrons. The van der Waals surface area contributed by atoms with E-state index in [0.29, 0.717) is 27.6 Å². The van der Waals surface area contributed by atoms with E-state index in [1.807, 2.05) is 24.3 Å². The molecule has 4 aromatic carbocycles. The first kappa shape index (κ1) is 31.8. The lowest BCUT2D eigenvalue weighted by atomic mass is 10.0. The molecule has 2 aliphatic heterocycles. The molecular weight excluding hydrogens is 641 g/mol. The fourth-order valence-corrected chi connectivity index (χ4v) is 7.85. The monoisotopic (exact) mass is 666 g/mol. The highest BCUT2D eigenvalue weighted by Gasteiger charge is 2.41. The van der Waals surface area contributed by atoms with Gasteiger partial charge in [0.25, 0.3) is 0 Å². The molecule has 2 aliphatic rings. The summed E-state index contributed by atoms with van der Waals surface area (Å²) >= 11 is 2.15. The van der Waals surface area contributed by atoms with Gasteiger partial charge in [-0.3, -0.25) is 19.2 Å². The maximum Gasteiger partial charge on any atom is 0.336 e. The van der Waals surface area contributed by atoms with E-state index < -0.39 is 34.3 Å². The number of carbonyl (C=O) groups is 6. The van der Waals surface area contributed by atoms with E-state index >= 15 is 0 Å². The van der Waals surface area contributed by atoms with Crippen molar-refractivity contribution in [2.24, 2.45) is 0 Å². The van der Waals surface area contributed by atoms with Crippen molar-refractivity contribution in [3.05, 3.63) is 119 Å². The van der Waals surface area contributed by atoms with E-state index in [2.05, 4.69) is 0 Å². The minimum absolute atomic E-state index is 0.0390. The molecule has 12 heteroatoms. The Labute approximate surface area is 277 Å². The highest BCUT2D eigenvalue weighted by atomic mass is 32.2. The van der Waals surface area contributed by atoms with Gasteiger partial charge in [0.2, 0.25) is 23.6 Å². The van der Waals surface area contributed by atoms with Gasteiger partial charge in [0.05, 0.1) is 33.0 Å². The van der Waals surface area contributed by atoms with Crippen LogP contribution in [0, 0.1) is 0 Å².